The zero-order valence-corrected chi connectivity index (χ0v) is 25.7. The topological polar surface area (TPSA) is 109 Å². The van der Waals surface area contributed by atoms with Crippen molar-refractivity contribution in [3.05, 3.63) is 48.5 Å². The van der Waals surface area contributed by atoms with Crippen molar-refractivity contribution in [2.24, 2.45) is 0 Å². The van der Waals surface area contributed by atoms with Gasteiger partial charge in [0.2, 0.25) is 0 Å². The normalized spacial score (nSPS) is 11.1. The van der Waals surface area contributed by atoms with E-state index in [4.69, 9.17) is 18.9 Å². The molecular formula is C25H30N6O4Te2. The molecule has 2 heterocycles. The van der Waals surface area contributed by atoms with Crippen molar-refractivity contribution in [1.82, 2.24) is 30.4 Å². The minimum atomic E-state index is -0.450. The van der Waals surface area contributed by atoms with Crippen LogP contribution in [-0.2, 0) is 16.0 Å². The predicted molar refractivity (Wildman–Crippen MR) is 143 cm³/mol. The van der Waals surface area contributed by atoms with Gasteiger partial charge in [0.25, 0.3) is 0 Å². The van der Waals surface area contributed by atoms with Crippen molar-refractivity contribution >= 4 is 49.3 Å². The van der Waals surface area contributed by atoms with Crippen LogP contribution in [0.15, 0.2) is 48.5 Å². The first-order valence-electron chi connectivity index (χ1n) is 11.7. The molecule has 4 rings (SSSR count). The molecule has 0 radical (unpaired) electrons. The molecule has 0 fully saturated rings. The molecular weight excluding hydrogens is 704 g/mol. The van der Waals surface area contributed by atoms with E-state index in [2.05, 4.69) is 53.9 Å². The van der Waals surface area contributed by atoms with Crippen molar-refractivity contribution in [2.75, 3.05) is 40.1 Å². The molecule has 0 bridgehead atoms. The molecule has 2 aromatic heterocycles. The summed E-state index contributed by atoms with van der Waals surface area (Å²) in [5, 5.41) is 20.4. The molecule has 1 N–H and O–H groups in total. The molecule has 0 aliphatic rings. The summed E-state index contributed by atoms with van der Waals surface area (Å²) in [5.41, 5.74) is 3.99. The maximum atomic E-state index is 5.96. The summed E-state index contributed by atoms with van der Waals surface area (Å²) >= 11 is -0.795. The maximum absolute atomic E-state index is 5.96. The van der Waals surface area contributed by atoms with E-state index < -0.39 is 20.9 Å². The Kier molecular flexibility index (Phi) is 11.0. The van der Waals surface area contributed by atoms with E-state index in [0.717, 1.165) is 37.8 Å². The van der Waals surface area contributed by atoms with E-state index in [-0.39, 0.29) is 20.9 Å². The summed E-state index contributed by atoms with van der Waals surface area (Å²) in [7, 11) is 1.65. The number of aromatic amines is 1. The van der Waals surface area contributed by atoms with Crippen LogP contribution in [0, 0.1) is 0 Å². The molecule has 0 aliphatic heterocycles. The van der Waals surface area contributed by atoms with Gasteiger partial charge in [-0.25, -0.2) is 0 Å². The van der Waals surface area contributed by atoms with Crippen LogP contribution in [0.5, 0.6) is 11.5 Å². The molecule has 12 heteroatoms. The second-order valence-corrected chi connectivity index (χ2v) is 12.2. The fourth-order valence-electron chi connectivity index (χ4n) is 3.54. The van der Waals surface area contributed by atoms with Gasteiger partial charge in [0.1, 0.15) is 0 Å². The van der Waals surface area contributed by atoms with E-state index in [1.807, 2.05) is 35.0 Å². The third-order valence-corrected chi connectivity index (χ3v) is 9.50. The van der Waals surface area contributed by atoms with Crippen molar-refractivity contribution in [3.63, 3.8) is 0 Å². The van der Waals surface area contributed by atoms with Gasteiger partial charge in [0, 0.05) is 7.11 Å². The van der Waals surface area contributed by atoms with Gasteiger partial charge >= 0.3 is 208 Å². The second kappa shape index (κ2) is 14.7. The first-order valence-corrected chi connectivity index (χ1v) is 18.7. The average Bonchev–Trinajstić information content (AvgIpc) is 3.58. The van der Waals surface area contributed by atoms with Crippen LogP contribution in [0.4, 0.5) is 0 Å². The zero-order valence-electron chi connectivity index (χ0n) is 21.0. The number of benzene rings is 2. The van der Waals surface area contributed by atoms with Gasteiger partial charge in [-0.05, 0) is 0 Å². The fraction of sp³-hybridized carbons (Fsp3) is 0.360. The van der Waals surface area contributed by atoms with E-state index in [0.29, 0.717) is 39.6 Å². The Hall–Kier alpha value is -2.18. The first-order chi connectivity index (χ1) is 18.2. The molecule has 4 aromatic rings. The molecule has 0 unspecified atom stereocenters. The molecule has 0 atom stereocenters. The van der Waals surface area contributed by atoms with Crippen LogP contribution in [0.3, 0.4) is 0 Å². The fourth-order valence-corrected chi connectivity index (χ4v) is 6.91. The van der Waals surface area contributed by atoms with E-state index in [1.54, 1.807) is 7.11 Å². The molecule has 0 saturated heterocycles. The van der Waals surface area contributed by atoms with Gasteiger partial charge in [0.05, 0.1) is 13.2 Å². The summed E-state index contributed by atoms with van der Waals surface area (Å²) in [6, 6.07) is 15.9. The van der Waals surface area contributed by atoms with Crippen LogP contribution >= 0.6 is 0 Å². The summed E-state index contributed by atoms with van der Waals surface area (Å²) in [4.78, 5) is 4.45. The van der Waals surface area contributed by atoms with Crippen LogP contribution in [0.25, 0.3) is 22.5 Å². The van der Waals surface area contributed by atoms with Crippen molar-refractivity contribution < 1.29 is 18.9 Å². The number of aromatic nitrogens is 6. The van der Waals surface area contributed by atoms with Crippen LogP contribution in [-0.4, -0.2) is 112 Å². The van der Waals surface area contributed by atoms with E-state index >= 15 is 0 Å². The Morgan fingerprint density at radius 2 is 1.51 bits per heavy atom. The molecule has 37 heavy (non-hydrogen) atoms. The van der Waals surface area contributed by atoms with E-state index in [1.165, 1.54) is 3.74 Å². The standard InChI is InChI=1S/C25H30N6O4Te2/c1-32-13-14-33-15-16-35-21-9-7-20(8-10-21)34-12-11-31-25(37-3)23(27-30-31)19-6-4-5-18(17-19)22-24(36-2)28-29-26-22/h4-10,17H,11-16H2,1-3H3,(H,26,28,29). The third kappa shape index (κ3) is 7.67. The number of hydrogen-bond donors (Lipinski definition) is 1. The van der Waals surface area contributed by atoms with Crippen molar-refractivity contribution in [3.8, 4) is 34.0 Å². The Morgan fingerprint density at radius 3 is 2.22 bits per heavy atom. The monoisotopic (exact) mass is 738 g/mol. The SMILES string of the molecule is COCCOCCOc1ccc(OCCn2nnc(-c3cccc(-c4n[nH]nc4[Te]C)c3)c2[Te]C)cc1. The Morgan fingerprint density at radius 1 is 0.811 bits per heavy atom. The van der Waals surface area contributed by atoms with Gasteiger partial charge in [-0.2, -0.15) is 0 Å². The molecule has 0 amide bonds. The van der Waals surface area contributed by atoms with Gasteiger partial charge in [-0.3, -0.25) is 0 Å². The third-order valence-electron chi connectivity index (χ3n) is 5.33. The number of rotatable bonds is 15. The Labute approximate surface area is 236 Å². The Bertz CT molecular complexity index is 1250. The number of methoxy groups -OCH3 is 1. The van der Waals surface area contributed by atoms with Gasteiger partial charge in [0.15, 0.2) is 0 Å². The van der Waals surface area contributed by atoms with Crippen LogP contribution in [0.2, 0.25) is 9.94 Å². The summed E-state index contributed by atoms with van der Waals surface area (Å²) in [6.07, 6.45) is 0. The number of ether oxygens (including phenoxy) is 4. The number of nitrogens with one attached hydrogen (secondary N) is 1. The van der Waals surface area contributed by atoms with Gasteiger partial charge < -0.3 is 9.47 Å². The quantitative estimate of drug-likeness (QED) is 0.145. The Balaban J connectivity index is 1.32. The van der Waals surface area contributed by atoms with Crippen molar-refractivity contribution in [2.45, 2.75) is 16.5 Å². The average molecular weight is 734 g/mol. The van der Waals surface area contributed by atoms with E-state index in [9.17, 15) is 0 Å². The first kappa shape index (κ1) is 27.8. The number of H-pyrrole nitrogens is 1. The summed E-state index contributed by atoms with van der Waals surface area (Å²) in [5.74, 6) is 1.57. The van der Waals surface area contributed by atoms with Crippen LogP contribution in [0.1, 0.15) is 0 Å². The molecule has 2 aromatic carbocycles. The molecule has 0 spiro atoms. The predicted octanol–water partition coefficient (Wildman–Crippen LogP) is 1.61. The molecule has 0 aliphatic carbocycles. The second-order valence-electron chi connectivity index (χ2n) is 7.71. The molecule has 10 nitrogen and oxygen atoms in total. The number of nitrogens with zero attached hydrogens (tertiary/aromatic N) is 5. The van der Waals surface area contributed by atoms with Gasteiger partial charge in [-0.15, -0.1) is 0 Å². The van der Waals surface area contributed by atoms with Gasteiger partial charge in [-0.1, -0.05) is 0 Å². The minimum absolute atomic E-state index is 0.346. The van der Waals surface area contributed by atoms with Crippen LogP contribution < -0.4 is 17.0 Å². The van der Waals surface area contributed by atoms with Crippen molar-refractivity contribution in [1.29, 1.82) is 0 Å². The molecule has 0 saturated carbocycles. The summed E-state index contributed by atoms with van der Waals surface area (Å²) in [6.45, 7) is 3.30. The number of hydrogen-bond acceptors (Lipinski definition) is 8. The molecule has 196 valence electrons. The summed E-state index contributed by atoms with van der Waals surface area (Å²) < 4.78 is 26.3. The zero-order chi connectivity index (χ0) is 25.9.